The Morgan fingerprint density at radius 1 is 1.42 bits per heavy atom. The first-order valence-electron chi connectivity index (χ1n) is 6.74. The minimum atomic E-state index is -0.472. The molecule has 1 aliphatic rings. The fourth-order valence-corrected chi connectivity index (χ4v) is 2.41. The Bertz CT molecular complexity index is 431. The topological polar surface area (TPSA) is 52.6 Å². The van der Waals surface area contributed by atoms with Crippen molar-refractivity contribution in [2.45, 2.75) is 26.4 Å². The molecule has 1 aromatic rings. The Labute approximate surface area is 114 Å². The lowest BCUT2D eigenvalue weighted by atomic mass is 9.91. The van der Waals surface area contributed by atoms with Gasteiger partial charge < -0.3 is 10.4 Å². The van der Waals surface area contributed by atoms with Gasteiger partial charge in [-0.1, -0.05) is 18.2 Å². The highest BCUT2D eigenvalue weighted by molar-refractivity contribution is 5.94. The molecule has 4 heteroatoms. The second kappa shape index (κ2) is 5.72. The van der Waals surface area contributed by atoms with Gasteiger partial charge in [0.2, 0.25) is 5.91 Å². The SMILES string of the molecule is CC(C)(CN1CC[C@H](O)C1)C(=O)Nc1ccccc1. The molecule has 0 aliphatic carbocycles. The van der Waals surface area contributed by atoms with Crippen LogP contribution in [-0.4, -0.2) is 41.7 Å². The standard InChI is InChI=1S/C15H22N2O2/c1-15(2,11-17-9-8-13(18)10-17)14(19)16-12-6-4-3-5-7-12/h3-7,13,18H,8-11H2,1-2H3,(H,16,19)/t13-/m0/s1. The summed E-state index contributed by atoms with van der Waals surface area (Å²) in [5, 5.41) is 12.5. The number of benzene rings is 1. The van der Waals surface area contributed by atoms with E-state index >= 15 is 0 Å². The van der Waals surface area contributed by atoms with Crippen molar-refractivity contribution >= 4 is 11.6 Å². The number of nitrogens with zero attached hydrogens (tertiary/aromatic N) is 1. The van der Waals surface area contributed by atoms with Crippen LogP contribution in [0, 0.1) is 5.41 Å². The normalized spacial score (nSPS) is 20.5. The van der Waals surface area contributed by atoms with Gasteiger partial charge in [-0.05, 0) is 32.4 Å². The van der Waals surface area contributed by atoms with Crippen LogP contribution in [0.1, 0.15) is 20.3 Å². The van der Waals surface area contributed by atoms with E-state index in [1.165, 1.54) is 0 Å². The largest absolute Gasteiger partial charge is 0.392 e. The number of amides is 1. The van der Waals surface area contributed by atoms with Gasteiger partial charge in [-0.25, -0.2) is 0 Å². The number of aliphatic hydroxyl groups excluding tert-OH is 1. The fraction of sp³-hybridized carbons (Fsp3) is 0.533. The van der Waals surface area contributed by atoms with E-state index in [2.05, 4.69) is 10.2 Å². The number of β-amino-alcohol motifs (C(OH)–C–C–N with tert-alkyl or cyclic N) is 1. The zero-order valence-corrected chi connectivity index (χ0v) is 11.6. The van der Waals surface area contributed by atoms with Crippen molar-refractivity contribution < 1.29 is 9.90 Å². The van der Waals surface area contributed by atoms with Gasteiger partial charge in [0.05, 0.1) is 11.5 Å². The lowest BCUT2D eigenvalue weighted by molar-refractivity contribution is -0.124. The molecule has 1 saturated heterocycles. The average Bonchev–Trinajstić information content (AvgIpc) is 2.75. The highest BCUT2D eigenvalue weighted by atomic mass is 16.3. The lowest BCUT2D eigenvalue weighted by Gasteiger charge is -2.28. The Morgan fingerprint density at radius 3 is 2.68 bits per heavy atom. The van der Waals surface area contributed by atoms with Crippen LogP contribution in [0.15, 0.2) is 30.3 Å². The second-order valence-electron chi connectivity index (χ2n) is 5.88. The maximum Gasteiger partial charge on any atom is 0.231 e. The number of anilines is 1. The first-order chi connectivity index (χ1) is 8.97. The van der Waals surface area contributed by atoms with E-state index in [1.54, 1.807) is 0 Å². The number of likely N-dealkylation sites (tertiary alicyclic amines) is 1. The van der Waals surface area contributed by atoms with E-state index in [-0.39, 0.29) is 12.0 Å². The number of hydrogen-bond acceptors (Lipinski definition) is 3. The number of rotatable bonds is 4. The van der Waals surface area contributed by atoms with E-state index in [4.69, 9.17) is 0 Å². The second-order valence-corrected chi connectivity index (χ2v) is 5.88. The van der Waals surface area contributed by atoms with E-state index in [0.29, 0.717) is 13.1 Å². The van der Waals surface area contributed by atoms with Crippen molar-refractivity contribution in [3.05, 3.63) is 30.3 Å². The molecule has 0 saturated carbocycles. The summed E-state index contributed by atoms with van der Waals surface area (Å²) < 4.78 is 0. The number of hydrogen-bond donors (Lipinski definition) is 2. The molecule has 1 fully saturated rings. The van der Waals surface area contributed by atoms with Crippen LogP contribution in [0.25, 0.3) is 0 Å². The van der Waals surface area contributed by atoms with Crippen LogP contribution >= 0.6 is 0 Å². The van der Waals surface area contributed by atoms with Crippen molar-refractivity contribution in [3.8, 4) is 0 Å². The summed E-state index contributed by atoms with van der Waals surface area (Å²) in [6.07, 6.45) is 0.559. The molecule has 0 unspecified atom stereocenters. The predicted octanol–water partition coefficient (Wildman–Crippen LogP) is 1.72. The van der Waals surface area contributed by atoms with Crippen LogP contribution in [0.3, 0.4) is 0 Å². The molecule has 0 bridgehead atoms. The molecule has 0 radical (unpaired) electrons. The minimum absolute atomic E-state index is 0.0140. The van der Waals surface area contributed by atoms with Crippen molar-refractivity contribution in [2.24, 2.45) is 5.41 Å². The minimum Gasteiger partial charge on any atom is -0.392 e. The Morgan fingerprint density at radius 2 is 2.11 bits per heavy atom. The Hall–Kier alpha value is -1.39. The first-order valence-corrected chi connectivity index (χ1v) is 6.74. The molecule has 19 heavy (non-hydrogen) atoms. The Balaban J connectivity index is 1.93. The molecular weight excluding hydrogens is 240 g/mol. The summed E-state index contributed by atoms with van der Waals surface area (Å²) in [7, 11) is 0. The van der Waals surface area contributed by atoms with Gasteiger partial charge in [0.25, 0.3) is 0 Å². The fourth-order valence-electron chi connectivity index (χ4n) is 2.41. The van der Waals surface area contributed by atoms with Crippen LogP contribution in [0.2, 0.25) is 0 Å². The zero-order valence-electron chi connectivity index (χ0n) is 11.6. The van der Waals surface area contributed by atoms with Crippen molar-refractivity contribution in [2.75, 3.05) is 25.0 Å². The molecule has 0 spiro atoms. The van der Waals surface area contributed by atoms with Crippen LogP contribution < -0.4 is 5.32 Å². The van der Waals surface area contributed by atoms with Gasteiger partial charge in [-0.2, -0.15) is 0 Å². The van der Waals surface area contributed by atoms with E-state index < -0.39 is 5.41 Å². The number of nitrogens with one attached hydrogen (secondary N) is 1. The number of aliphatic hydroxyl groups is 1. The van der Waals surface area contributed by atoms with Gasteiger partial charge >= 0.3 is 0 Å². The van der Waals surface area contributed by atoms with Crippen LogP contribution in [0.5, 0.6) is 0 Å². The maximum absolute atomic E-state index is 12.3. The smallest absolute Gasteiger partial charge is 0.231 e. The predicted molar refractivity (Wildman–Crippen MR) is 75.9 cm³/mol. The Kier molecular flexibility index (Phi) is 4.22. The van der Waals surface area contributed by atoms with Gasteiger partial charge in [0, 0.05) is 25.3 Å². The van der Waals surface area contributed by atoms with E-state index in [0.717, 1.165) is 18.7 Å². The molecular formula is C15H22N2O2. The summed E-state index contributed by atoms with van der Waals surface area (Å²) in [5.74, 6) is 0.0140. The third-order valence-corrected chi connectivity index (χ3v) is 3.51. The summed E-state index contributed by atoms with van der Waals surface area (Å²) in [6.45, 7) is 6.08. The summed E-state index contributed by atoms with van der Waals surface area (Å²) in [4.78, 5) is 14.5. The monoisotopic (exact) mass is 262 g/mol. The zero-order chi connectivity index (χ0) is 13.9. The van der Waals surface area contributed by atoms with Crippen LogP contribution in [0.4, 0.5) is 5.69 Å². The maximum atomic E-state index is 12.3. The van der Waals surface area contributed by atoms with Crippen molar-refractivity contribution in [1.29, 1.82) is 0 Å². The summed E-state index contributed by atoms with van der Waals surface area (Å²) in [5.41, 5.74) is 0.349. The van der Waals surface area contributed by atoms with Gasteiger partial charge in [-0.15, -0.1) is 0 Å². The summed E-state index contributed by atoms with van der Waals surface area (Å²) in [6, 6.07) is 9.49. The van der Waals surface area contributed by atoms with E-state index in [1.807, 2.05) is 44.2 Å². The van der Waals surface area contributed by atoms with Crippen molar-refractivity contribution in [3.63, 3.8) is 0 Å². The molecule has 1 heterocycles. The quantitative estimate of drug-likeness (QED) is 0.868. The van der Waals surface area contributed by atoms with Crippen molar-refractivity contribution in [1.82, 2.24) is 4.90 Å². The van der Waals surface area contributed by atoms with E-state index in [9.17, 15) is 9.90 Å². The molecule has 0 aromatic heterocycles. The summed E-state index contributed by atoms with van der Waals surface area (Å²) >= 11 is 0. The third-order valence-electron chi connectivity index (χ3n) is 3.51. The van der Waals surface area contributed by atoms with Crippen LogP contribution in [-0.2, 0) is 4.79 Å². The molecule has 1 aromatic carbocycles. The number of carbonyl (C=O) groups excluding carboxylic acids is 1. The molecule has 2 N–H and O–H groups in total. The lowest BCUT2D eigenvalue weighted by Crippen LogP contribution is -2.41. The molecule has 1 amide bonds. The molecule has 2 rings (SSSR count). The number of para-hydroxylation sites is 1. The molecule has 4 nitrogen and oxygen atoms in total. The average molecular weight is 262 g/mol. The third kappa shape index (κ3) is 3.78. The van der Waals surface area contributed by atoms with Gasteiger partial charge in [0.15, 0.2) is 0 Å². The van der Waals surface area contributed by atoms with Gasteiger partial charge in [0.1, 0.15) is 0 Å². The molecule has 1 aliphatic heterocycles. The highest BCUT2D eigenvalue weighted by Crippen LogP contribution is 2.22. The van der Waals surface area contributed by atoms with Gasteiger partial charge in [-0.3, -0.25) is 9.69 Å². The first kappa shape index (κ1) is 14.0. The molecule has 1 atom stereocenters. The number of carbonyl (C=O) groups is 1. The molecule has 104 valence electrons. The highest BCUT2D eigenvalue weighted by Gasteiger charge is 2.32.